The molecule has 0 saturated heterocycles. The van der Waals surface area contributed by atoms with E-state index >= 15 is 0 Å². The fourth-order valence-electron chi connectivity index (χ4n) is 1.38. The van der Waals surface area contributed by atoms with Crippen LogP contribution in [0.1, 0.15) is 11.1 Å². The van der Waals surface area contributed by atoms with Crippen molar-refractivity contribution in [1.29, 1.82) is 0 Å². The lowest BCUT2D eigenvalue weighted by molar-refractivity contribution is -0.167. The average Bonchev–Trinajstić information content (AvgIpc) is 2.08. The molecule has 3 N–H and O–H groups in total. The number of amides is 1. The van der Waals surface area contributed by atoms with Gasteiger partial charge in [-0.2, -0.15) is 13.2 Å². The Bertz CT molecular complexity index is 404. The third-order valence-corrected chi connectivity index (χ3v) is 2.05. The van der Waals surface area contributed by atoms with E-state index in [1.807, 2.05) is 5.32 Å². The van der Waals surface area contributed by atoms with Crippen LogP contribution < -0.4 is 11.1 Å². The van der Waals surface area contributed by atoms with Gasteiger partial charge >= 0.3 is 12.1 Å². The first-order chi connectivity index (χ1) is 7.21. The number of alkyl halides is 3. The number of benzene rings is 1. The van der Waals surface area contributed by atoms with Gasteiger partial charge < -0.3 is 11.1 Å². The van der Waals surface area contributed by atoms with Crippen molar-refractivity contribution in [2.45, 2.75) is 20.0 Å². The molecule has 0 aliphatic rings. The van der Waals surface area contributed by atoms with Gasteiger partial charge in [0.2, 0.25) is 0 Å². The number of aryl methyl sites for hydroxylation is 2. The molecule has 1 aromatic carbocycles. The first-order valence-corrected chi connectivity index (χ1v) is 4.46. The van der Waals surface area contributed by atoms with Crippen LogP contribution in [0.2, 0.25) is 0 Å². The van der Waals surface area contributed by atoms with Crippen LogP contribution in [0.4, 0.5) is 24.5 Å². The smallest absolute Gasteiger partial charge is 0.399 e. The summed E-state index contributed by atoms with van der Waals surface area (Å²) >= 11 is 0. The van der Waals surface area contributed by atoms with Gasteiger partial charge in [-0.3, -0.25) is 4.79 Å². The summed E-state index contributed by atoms with van der Waals surface area (Å²) in [5, 5.41) is 1.83. The molecule has 1 rings (SSSR count). The number of hydrogen-bond donors (Lipinski definition) is 2. The Labute approximate surface area is 90.4 Å². The van der Waals surface area contributed by atoms with Gasteiger partial charge in [0, 0.05) is 11.4 Å². The van der Waals surface area contributed by atoms with Gasteiger partial charge in [-0.15, -0.1) is 0 Å². The first-order valence-electron chi connectivity index (χ1n) is 4.46. The summed E-state index contributed by atoms with van der Waals surface area (Å²) in [5.41, 5.74) is 7.09. The van der Waals surface area contributed by atoms with Crippen LogP contribution in [0.3, 0.4) is 0 Å². The molecule has 0 saturated carbocycles. The highest BCUT2D eigenvalue weighted by Crippen LogP contribution is 2.25. The molecule has 0 heterocycles. The molecule has 0 spiro atoms. The van der Waals surface area contributed by atoms with Crippen molar-refractivity contribution in [1.82, 2.24) is 0 Å². The topological polar surface area (TPSA) is 55.1 Å². The molecule has 1 aromatic rings. The summed E-state index contributed by atoms with van der Waals surface area (Å²) in [7, 11) is 0. The van der Waals surface area contributed by atoms with Crippen molar-refractivity contribution >= 4 is 17.3 Å². The monoisotopic (exact) mass is 232 g/mol. The highest BCUT2D eigenvalue weighted by atomic mass is 19.4. The summed E-state index contributed by atoms with van der Waals surface area (Å²) in [6, 6.07) is 3.00. The van der Waals surface area contributed by atoms with Crippen molar-refractivity contribution in [3.05, 3.63) is 23.3 Å². The van der Waals surface area contributed by atoms with Crippen LogP contribution in [0.5, 0.6) is 0 Å². The molecule has 0 fully saturated rings. The molecule has 1 amide bonds. The molecule has 0 atom stereocenters. The van der Waals surface area contributed by atoms with E-state index in [1.165, 1.54) is 12.1 Å². The molecule has 0 aromatic heterocycles. The zero-order valence-corrected chi connectivity index (χ0v) is 8.77. The minimum atomic E-state index is -4.89. The minimum Gasteiger partial charge on any atom is -0.399 e. The Hall–Kier alpha value is -1.72. The van der Waals surface area contributed by atoms with Gasteiger partial charge in [0.1, 0.15) is 0 Å². The van der Waals surface area contributed by atoms with Crippen molar-refractivity contribution in [3.63, 3.8) is 0 Å². The summed E-state index contributed by atoms with van der Waals surface area (Å²) in [5.74, 6) is -1.98. The lowest BCUT2D eigenvalue weighted by Gasteiger charge is -2.13. The van der Waals surface area contributed by atoms with E-state index in [9.17, 15) is 18.0 Å². The highest BCUT2D eigenvalue weighted by Gasteiger charge is 2.39. The number of nitrogen functional groups attached to an aromatic ring is 1. The Kier molecular flexibility index (Phi) is 3.11. The maximum absolute atomic E-state index is 12.0. The zero-order chi connectivity index (χ0) is 12.5. The van der Waals surface area contributed by atoms with Gasteiger partial charge in [-0.1, -0.05) is 0 Å². The largest absolute Gasteiger partial charge is 0.471 e. The third kappa shape index (κ3) is 2.65. The Morgan fingerprint density at radius 2 is 1.69 bits per heavy atom. The first kappa shape index (κ1) is 12.4. The fraction of sp³-hybridized carbons (Fsp3) is 0.300. The van der Waals surface area contributed by atoms with Crippen LogP contribution >= 0.6 is 0 Å². The van der Waals surface area contributed by atoms with E-state index in [-0.39, 0.29) is 5.69 Å². The predicted octanol–water partition coefficient (Wildman–Crippen LogP) is 2.39. The zero-order valence-electron chi connectivity index (χ0n) is 8.77. The number of anilines is 2. The average molecular weight is 232 g/mol. The molecule has 0 unspecified atom stereocenters. The van der Waals surface area contributed by atoms with E-state index in [1.54, 1.807) is 13.8 Å². The number of carbonyl (C=O) groups excluding carboxylic acids is 1. The quantitative estimate of drug-likeness (QED) is 0.730. The minimum absolute atomic E-state index is 0.150. The number of hydrogen-bond acceptors (Lipinski definition) is 2. The van der Waals surface area contributed by atoms with Gasteiger partial charge in [-0.25, -0.2) is 0 Å². The number of halogens is 3. The second-order valence-corrected chi connectivity index (χ2v) is 3.48. The summed E-state index contributed by atoms with van der Waals surface area (Å²) in [6.07, 6.45) is -4.89. The lowest BCUT2D eigenvalue weighted by atomic mass is 10.1. The summed E-state index contributed by atoms with van der Waals surface area (Å²) in [6.45, 7) is 3.16. The number of nitrogens with two attached hydrogens (primary N) is 1. The molecule has 6 heteroatoms. The molecule has 16 heavy (non-hydrogen) atoms. The van der Waals surface area contributed by atoms with Crippen molar-refractivity contribution in [2.24, 2.45) is 0 Å². The van der Waals surface area contributed by atoms with E-state index in [2.05, 4.69) is 0 Å². The number of nitrogens with one attached hydrogen (secondary N) is 1. The number of carbonyl (C=O) groups is 1. The maximum Gasteiger partial charge on any atom is 0.471 e. The summed E-state index contributed by atoms with van der Waals surface area (Å²) < 4.78 is 36.1. The van der Waals surface area contributed by atoms with E-state index in [0.29, 0.717) is 16.8 Å². The highest BCUT2D eigenvalue weighted by molar-refractivity contribution is 5.96. The van der Waals surface area contributed by atoms with Crippen LogP contribution in [0, 0.1) is 13.8 Å². The van der Waals surface area contributed by atoms with E-state index < -0.39 is 12.1 Å². The van der Waals surface area contributed by atoms with Gasteiger partial charge in [-0.05, 0) is 37.1 Å². The molecule has 0 aliphatic heterocycles. The standard InChI is InChI=1S/C10H11F3N2O/c1-5-3-7(14)4-6(2)8(5)15-9(16)10(11,12)13/h3-4H,14H2,1-2H3,(H,15,16). The lowest BCUT2D eigenvalue weighted by Crippen LogP contribution is -2.30. The SMILES string of the molecule is Cc1cc(N)cc(C)c1NC(=O)C(F)(F)F. The van der Waals surface area contributed by atoms with Gasteiger partial charge in [0.05, 0.1) is 0 Å². The van der Waals surface area contributed by atoms with Crippen LogP contribution in [-0.2, 0) is 4.79 Å². The van der Waals surface area contributed by atoms with Gasteiger partial charge in [0.15, 0.2) is 0 Å². The van der Waals surface area contributed by atoms with Crippen molar-refractivity contribution in [2.75, 3.05) is 11.1 Å². The summed E-state index contributed by atoms with van der Waals surface area (Å²) in [4.78, 5) is 10.8. The molecule has 0 aliphatic carbocycles. The molecule has 0 bridgehead atoms. The van der Waals surface area contributed by atoms with E-state index in [4.69, 9.17) is 5.73 Å². The van der Waals surface area contributed by atoms with Crippen LogP contribution in [0.15, 0.2) is 12.1 Å². The predicted molar refractivity (Wildman–Crippen MR) is 55.0 cm³/mol. The van der Waals surface area contributed by atoms with Crippen molar-refractivity contribution < 1.29 is 18.0 Å². The third-order valence-electron chi connectivity index (χ3n) is 2.05. The normalized spacial score (nSPS) is 11.3. The molecule has 0 radical (unpaired) electrons. The Balaban J connectivity index is 3.03. The molecular weight excluding hydrogens is 221 g/mol. The second-order valence-electron chi connectivity index (χ2n) is 3.48. The van der Waals surface area contributed by atoms with Crippen LogP contribution in [0.25, 0.3) is 0 Å². The van der Waals surface area contributed by atoms with Crippen molar-refractivity contribution in [3.8, 4) is 0 Å². The fourth-order valence-corrected chi connectivity index (χ4v) is 1.38. The van der Waals surface area contributed by atoms with Crippen LogP contribution in [-0.4, -0.2) is 12.1 Å². The molecular formula is C10H11F3N2O. The van der Waals surface area contributed by atoms with E-state index in [0.717, 1.165) is 0 Å². The second kappa shape index (κ2) is 4.03. The Morgan fingerprint density at radius 1 is 1.25 bits per heavy atom. The van der Waals surface area contributed by atoms with Gasteiger partial charge in [0.25, 0.3) is 0 Å². The number of rotatable bonds is 1. The molecule has 3 nitrogen and oxygen atoms in total. The Morgan fingerprint density at radius 3 is 2.06 bits per heavy atom. The molecule has 88 valence electrons. The maximum atomic E-state index is 12.0.